The molecule has 0 fully saturated rings. The fourth-order valence-corrected chi connectivity index (χ4v) is 1.77. The Morgan fingerprint density at radius 1 is 1.40 bits per heavy atom. The minimum absolute atomic E-state index is 0.00463. The lowest BCUT2D eigenvalue weighted by atomic mass is 10.5. The molecule has 62 valence electrons. The molecule has 0 aliphatic heterocycles. The lowest BCUT2D eigenvalue weighted by molar-refractivity contribution is 0.214. The maximum absolute atomic E-state index is 11.1. The van der Waals surface area contributed by atoms with Crippen LogP contribution in [-0.2, 0) is 4.57 Å². The largest absolute Gasteiger partial charge is 0.393 e. The second-order valence-electron chi connectivity index (χ2n) is 2.88. The maximum atomic E-state index is 11.1. The fourth-order valence-electron chi connectivity index (χ4n) is 0.589. The highest BCUT2D eigenvalue weighted by Crippen LogP contribution is 2.46. The highest BCUT2D eigenvalue weighted by Gasteiger charge is 2.24. The fraction of sp³-hybridized carbons (Fsp3) is 1.00. The van der Waals surface area contributed by atoms with E-state index in [2.05, 4.69) is 0 Å². The van der Waals surface area contributed by atoms with E-state index in [0.29, 0.717) is 0 Å². The van der Waals surface area contributed by atoms with Gasteiger partial charge in [0.2, 0.25) is 7.37 Å². The van der Waals surface area contributed by atoms with Gasteiger partial charge in [0.1, 0.15) is 0 Å². The summed E-state index contributed by atoms with van der Waals surface area (Å²) in [5, 5.41) is 8.80. The maximum Gasteiger partial charge on any atom is 0.205 e. The predicted octanol–water partition coefficient (Wildman–Crippen LogP) is 1.05. The molecular weight excluding hydrogens is 151 g/mol. The Bertz CT molecular complexity index is 142. The van der Waals surface area contributed by atoms with E-state index < -0.39 is 13.5 Å². The van der Waals surface area contributed by atoms with Crippen LogP contribution in [0.25, 0.3) is 0 Å². The number of hydrogen-bond donors (Lipinski definition) is 2. The Kier molecular flexibility index (Phi) is 3.57. The third-order valence-corrected chi connectivity index (χ3v) is 4.00. The zero-order valence-electron chi connectivity index (χ0n) is 6.61. The average molecular weight is 166 g/mol. The topological polar surface area (TPSA) is 57.5 Å². The summed E-state index contributed by atoms with van der Waals surface area (Å²) in [4.78, 5) is 9.16. The molecule has 0 spiro atoms. The first-order valence-electron chi connectivity index (χ1n) is 3.36. The SMILES string of the molecule is CC(O)CP(=O)(O)C(C)C. The van der Waals surface area contributed by atoms with Gasteiger partial charge in [0.25, 0.3) is 0 Å². The molecule has 2 atom stereocenters. The van der Waals surface area contributed by atoms with Crippen molar-refractivity contribution in [1.82, 2.24) is 0 Å². The van der Waals surface area contributed by atoms with Crippen molar-refractivity contribution in [2.75, 3.05) is 6.16 Å². The van der Waals surface area contributed by atoms with E-state index in [1.807, 2.05) is 0 Å². The molecule has 0 aliphatic carbocycles. The molecule has 0 aromatic rings. The monoisotopic (exact) mass is 166 g/mol. The van der Waals surface area contributed by atoms with E-state index >= 15 is 0 Å². The van der Waals surface area contributed by atoms with Gasteiger partial charge in [0, 0.05) is 5.66 Å². The Labute approximate surface area is 61.5 Å². The lowest BCUT2D eigenvalue weighted by Gasteiger charge is -2.16. The first-order valence-corrected chi connectivity index (χ1v) is 5.27. The average Bonchev–Trinajstić information content (AvgIpc) is 1.60. The summed E-state index contributed by atoms with van der Waals surface area (Å²) in [6, 6.07) is 0. The zero-order chi connectivity index (χ0) is 8.36. The van der Waals surface area contributed by atoms with Gasteiger partial charge in [-0.05, 0) is 6.92 Å². The van der Waals surface area contributed by atoms with E-state index in [1.165, 1.54) is 6.92 Å². The molecule has 2 unspecified atom stereocenters. The first kappa shape index (κ1) is 10.2. The molecular formula is C6H15O3P. The van der Waals surface area contributed by atoms with Crippen LogP contribution in [0.2, 0.25) is 0 Å². The van der Waals surface area contributed by atoms with Crippen molar-refractivity contribution < 1.29 is 14.6 Å². The number of aliphatic hydroxyl groups excluding tert-OH is 1. The molecule has 4 heteroatoms. The van der Waals surface area contributed by atoms with Crippen molar-refractivity contribution in [2.24, 2.45) is 0 Å². The van der Waals surface area contributed by atoms with E-state index in [9.17, 15) is 4.57 Å². The van der Waals surface area contributed by atoms with E-state index in [1.54, 1.807) is 13.8 Å². The van der Waals surface area contributed by atoms with Crippen LogP contribution in [0.4, 0.5) is 0 Å². The summed E-state index contributed by atoms with van der Waals surface area (Å²) in [5.41, 5.74) is -0.248. The Balaban J connectivity index is 4.01. The number of rotatable bonds is 3. The van der Waals surface area contributed by atoms with E-state index in [4.69, 9.17) is 10.00 Å². The van der Waals surface area contributed by atoms with Gasteiger partial charge >= 0.3 is 0 Å². The minimum Gasteiger partial charge on any atom is -0.393 e. The Morgan fingerprint density at radius 2 is 1.80 bits per heavy atom. The summed E-state index contributed by atoms with van der Waals surface area (Å²) in [5.74, 6) is 0. The molecule has 0 rings (SSSR count). The normalized spacial score (nSPS) is 20.6. The zero-order valence-corrected chi connectivity index (χ0v) is 7.51. The Hall–Kier alpha value is 0.150. The highest BCUT2D eigenvalue weighted by atomic mass is 31.2. The van der Waals surface area contributed by atoms with Gasteiger partial charge in [-0.25, -0.2) is 0 Å². The van der Waals surface area contributed by atoms with Gasteiger partial charge in [-0.3, -0.25) is 4.57 Å². The van der Waals surface area contributed by atoms with Gasteiger partial charge in [-0.2, -0.15) is 0 Å². The van der Waals surface area contributed by atoms with Crippen LogP contribution in [0, 0.1) is 0 Å². The van der Waals surface area contributed by atoms with E-state index in [-0.39, 0.29) is 11.8 Å². The number of aliphatic hydroxyl groups is 1. The first-order chi connectivity index (χ1) is 4.36. The molecule has 0 bridgehead atoms. The second-order valence-corrected chi connectivity index (χ2v) is 5.79. The molecule has 0 saturated heterocycles. The molecule has 3 nitrogen and oxygen atoms in total. The summed E-state index contributed by atoms with van der Waals surface area (Å²) >= 11 is 0. The number of hydrogen-bond acceptors (Lipinski definition) is 2. The van der Waals surface area contributed by atoms with Gasteiger partial charge in [-0.1, -0.05) is 13.8 Å². The van der Waals surface area contributed by atoms with Crippen LogP contribution in [-0.4, -0.2) is 27.9 Å². The molecule has 0 saturated carbocycles. The molecule has 0 aromatic carbocycles. The van der Waals surface area contributed by atoms with Crippen LogP contribution in [0.5, 0.6) is 0 Å². The molecule has 0 aromatic heterocycles. The molecule has 10 heavy (non-hydrogen) atoms. The summed E-state index contributed by atoms with van der Waals surface area (Å²) in [6.07, 6.45) is -0.678. The summed E-state index contributed by atoms with van der Waals surface area (Å²) in [7, 11) is -3.07. The van der Waals surface area contributed by atoms with Crippen molar-refractivity contribution >= 4 is 7.37 Å². The van der Waals surface area contributed by atoms with Gasteiger partial charge in [0.15, 0.2) is 0 Å². The van der Waals surface area contributed by atoms with Crippen molar-refractivity contribution in [3.05, 3.63) is 0 Å². The molecule has 0 aliphatic rings. The third kappa shape index (κ3) is 3.35. The minimum atomic E-state index is -3.07. The van der Waals surface area contributed by atoms with Crippen LogP contribution in [0.1, 0.15) is 20.8 Å². The molecule has 2 N–H and O–H groups in total. The van der Waals surface area contributed by atoms with Crippen LogP contribution >= 0.6 is 7.37 Å². The van der Waals surface area contributed by atoms with E-state index in [0.717, 1.165) is 0 Å². The predicted molar refractivity (Wildman–Crippen MR) is 41.5 cm³/mol. The Morgan fingerprint density at radius 3 is 1.90 bits per heavy atom. The molecule has 0 amide bonds. The second kappa shape index (κ2) is 3.51. The van der Waals surface area contributed by atoms with Crippen molar-refractivity contribution in [2.45, 2.75) is 32.5 Å². The van der Waals surface area contributed by atoms with Crippen LogP contribution < -0.4 is 0 Å². The standard InChI is InChI=1S/C6H15O3P/c1-5(2)10(8,9)4-6(3)7/h5-7H,4H2,1-3H3,(H,8,9). The van der Waals surface area contributed by atoms with Crippen molar-refractivity contribution in [3.8, 4) is 0 Å². The van der Waals surface area contributed by atoms with Crippen molar-refractivity contribution in [1.29, 1.82) is 0 Å². The lowest BCUT2D eigenvalue weighted by Crippen LogP contribution is -2.12. The van der Waals surface area contributed by atoms with Crippen molar-refractivity contribution in [3.63, 3.8) is 0 Å². The van der Waals surface area contributed by atoms with Crippen LogP contribution in [0.15, 0.2) is 0 Å². The van der Waals surface area contributed by atoms with Crippen LogP contribution in [0.3, 0.4) is 0 Å². The third-order valence-electron chi connectivity index (χ3n) is 1.33. The molecule has 0 heterocycles. The molecule has 0 radical (unpaired) electrons. The summed E-state index contributed by atoms with van der Waals surface area (Å²) < 4.78 is 11.1. The summed E-state index contributed by atoms with van der Waals surface area (Å²) in [6.45, 7) is 4.89. The van der Waals surface area contributed by atoms with Gasteiger partial charge in [-0.15, -0.1) is 0 Å². The quantitative estimate of drug-likeness (QED) is 0.616. The van der Waals surface area contributed by atoms with Gasteiger partial charge in [0.05, 0.1) is 12.3 Å². The van der Waals surface area contributed by atoms with Gasteiger partial charge < -0.3 is 10.00 Å². The smallest absolute Gasteiger partial charge is 0.205 e. The highest BCUT2D eigenvalue weighted by molar-refractivity contribution is 7.58.